The maximum atomic E-state index is 5.23. The van der Waals surface area contributed by atoms with Crippen LogP contribution in [0.2, 0.25) is 0 Å². The molecule has 0 radical (unpaired) electrons. The van der Waals surface area contributed by atoms with Crippen molar-refractivity contribution in [1.29, 1.82) is 0 Å². The Morgan fingerprint density at radius 1 is 1.12 bits per heavy atom. The van der Waals surface area contributed by atoms with E-state index in [9.17, 15) is 0 Å². The summed E-state index contributed by atoms with van der Waals surface area (Å²) in [5.41, 5.74) is 4.45. The molecule has 0 saturated carbocycles. The Hall–Kier alpha value is -2.92. The van der Waals surface area contributed by atoms with Gasteiger partial charge in [0.15, 0.2) is 0 Å². The first-order valence-electron chi connectivity index (χ1n) is 8.28. The predicted octanol–water partition coefficient (Wildman–Crippen LogP) is 4.65. The van der Waals surface area contributed by atoms with Crippen molar-refractivity contribution >= 4 is 17.6 Å². The maximum absolute atomic E-state index is 5.23. The van der Waals surface area contributed by atoms with Gasteiger partial charge in [0.1, 0.15) is 5.75 Å². The van der Waals surface area contributed by atoms with Crippen molar-refractivity contribution in [1.82, 2.24) is 4.57 Å². The molecule has 0 aliphatic rings. The summed E-state index contributed by atoms with van der Waals surface area (Å²) in [5.74, 6) is 0.840. The predicted molar refractivity (Wildman–Crippen MR) is 109 cm³/mol. The summed E-state index contributed by atoms with van der Waals surface area (Å²) in [5, 5.41) is 10.7. The number of hydrogen-bond acceptors (Lipinski definition) is 4. The number of rotatable bonds is 6. The molecule has 0 aliphatic carbocycles. The Balaban J connectivity index is 1.93. The Morgan fingerprint density at radius 3 is 2.50 bits per heavy atom. The molecule has 4 nitrogen and oxygen atoms in total. The molecule has 3 aromatic rings. The van der Waals surface area contributed by atoms with Crippen molar-refractivity contribution in [3.05, 3.63) is 82.5 Å². The second-order valence-corrected chi connectivity index (χ2v) is 6.62. The summed E-state index contributed by atoms with van der Waals surface area (Å²) in [4.78, 5) is 0.832. The fourth-order valence-corrected chi connectivity index (χ4v) is 3.38. The van der Waals surface area contributed by atoms with E-state index in [0.29, 0.717) is 6.54 Å². The minimum atomic E-state index is 0.670. The monoisotopic (exact) mass is 363 g/mol. The number of aryl methyl sites for hydroxylation is 1. The largest absolute Gasteiger partial charge is 0.497 e. The summed E-state index contributed by atoms with van der Waals surface area (Å²) in [7, 11) is 1.67. The first-order chi connectivity index (χ1) is 12.7. The molecule has 5 heteroatoms. The molecule has 0 unspecified atom stereocenters. The van der Waals surface area contributed by atoms with Crippen molar-refractivity contribution in [2.45, 2.75) is 13.5 Å². The molecule has 2 aromatic carbocycles. The summed E-state index contributed by atoms with van der Waals surface area (Å²) in [6.07, 6.45) is 3.63. The van der Waals surface area contributed by atoms with Crippen molar-refractivity contribution in [2.24, 2.45) is 10.2 Å². The zero-order valence-corrected chi connectivity index (χ0v) is 15.7. The number of thiazole rings is 1. The van der Waals surface area contributed by atoms with E-state index in [0.717, 1.165) is 27.4 Å². The molecule has 0 atom stereocenters. The number of benzene rings is 2. The molecule has 1 aromatic heterocycles. The Morgan fingerprint density at radius 2 is 1.85 bits per heavy atom. The summed E-state index contributed by atoms with van der Waals surface area (Å²) in [6, 6.07) is 16.2. The molecule has 0 spiro atoms. The van der Waals surface area contributed by atoms with Gasteiger partial charge in [-0.05, 0) is 42.3 Å². The van der Waals surface area contributed by atoms with Gasteiger partial charge < -0.3 is 9.30 Å². The number of aromatic nitrogens is 1. The van der Waals surface area contributed by atoms with Crippen LogP contribution in [-0.4, -0.2) is 17.9 Å². The second kappa shape index (κ2) is 8.45. The van der Waals surface area contributed by atoms with E-state index < -0.39 is 0 Å². The third-order valence-electron chi connectivity index (χ3n) is 3.92. The van der Waals surface area contributed by atoms with E-state index in [2.05, 4.69) is 45.8 Å². The quantitative estimate of drug-likeness (QED) is 0.357. The fourth-order valence-electron chi connectivity index (χ4n) is 2.50. The lowest BCUT2D eigenvalue weighted by molar-refractivity contribution is 0.415. The molecular formula is C21H21N3OS. The van der Waals surface area contributed by atoms with E-state index in [1.54, 1.807) is 24.7 Å². The van der Waals surface area contributed by atoms with Gasteiger partial charge in [0.25, 0.3) is 0 Å². The van der Waals surface area contributed by atoms with Crippen LogP contribution in [-0.2, 0) is 6.54 Å². The van der Waals surface area contributed by atoms with Crippen LogP contribution in [0.3, 0.4) is 0 Å². The normalized spacial score (nSPS) is 11.8. The van der Waals surface area contributed by atoms with Crippen LogP contribution >= 0.6 is 11.3 Å². The minimum Gasteiger partial charge on any atom is -0.497 e. The average Bonchev–Trinajstić information content (AvgIpc) is 3.06. The van der Waals surface area contributed by atoms with Crippen LogP contribution in [0.1, 0.15) is 11.1 Å². The van der Waals surface area contributed by atoms with Crippen LogP contribution in [0.5, 0.6) is 5.75 Å². The standard InChI is InChI=1S/C21H21N3OS/c1-4-13-24-20(18-9-11-19(25-3)12-10-18)15-26-21(24)23-22-14-17-7-5-16(2)6-8-17/h4-12,14-15H,1,13H2,2-3H3/b22-14-,23-21-. The highest BCUT2D eigenvalue weighted by Gasteiger charge is 2.07. The van der Waals surface area contributed by atoms with E-state index >= 15 is 0 Å². The number of allylic oxidation sites excluding steroid dienone is 1. The summed E-state index contributed by atoms with van der Waals surface area (Å²) < 4.78 is 7.34. The van der Waals surface area contributed by atoms with Gasteiger partial charge in [-0.15, -0.1) is 23.0 Å². The van der Waals surface area contributed by atoms with Gasteiger partial charge in [-0.2, -0.15) is 5.10 Å². The van der Waals surface area contributed by atoms with Crippen molar-refractivity contribution in [3.63, 3.8) is 0 Å². The van der Waals surface area contributed by atoms with Crippen LogP contribution in [0, 0.1) is 6.92 Å². The first-order valence-corrected chi connectivity index (χ1v) is 9.16. The lowest BCUT2D eigenvalue weighted by Crippen LogP contribution is -2.14. The van der Waals surface area contributed by atoms with Crippen molar-refractivity contribution in [2.75, 3.05) is 7.11 Å². The average molecular weight is 363 g/mol. The molecule has 0 N–H and O–H groups in total. The van der Waals surface area contributed by atoms with Gasteiger partial charge in [-0.3, -0.25) is 0 Å². The molecule has 1 heterocycles. The highest BCUT2D eigenvalue weighted by Crippen LogP contribution is 2.23. The Bertz CT molecular complexity index is 964. The van der Waals surface area contributed by atoms with E-state index in [-0.39, 0.29) is 0 Å². The third kappa shape index (κ3) is 4.18. The minimum absolute atomic E-state index is 0.670. The molecule has 0 bridgehead atoms. The summed E-state index contributed by atoms with van der Waals surface area (Å²) in [6.45, 7) is 6.59. The Labute approximate surface area is 157 Å². The lowest BCUT2D eigenvalue weighted by atomic mass is 10.1. The smallest absolute Gasteiger partial charge is 0.211 e. The van der Waals surface area contributed by atoms with Gasteiger partial charge >= 0.3 is 0 Å². The van der Waals surface area contributed by atoms with E-state index in [1.165, 1.54) is 5.56 Å². The SMILES string of the molecule is C=CCn1c(-c2ccc(OC)cc2)cs/c1=N\N=C/c1ccc(C)cc1. The number of nitrogens with zero attached hydrogens (tertiary/aromatic N) is 3. The first kappa shape index (κ1) is 17.9. The van der Waals surface area contributed by atoms with Crippen LogP contribution in [0.25, 0.3) is 11.3 Å². The van der Waals surface area contributed by atoms with Gasteiger partial charge in [-0.25, -0.2) is 0 Å². The summed E-state index contributed by atoms with van der Waals surface area (Å²) >= 11 is 1.56. The van der Waals surface area contributed by atoms with E-state index in [4.69, 9.17) is 4.74 Å². The Kier molecular flexibility index (Phi) is 5.81. The fraction of sp³-hybridized carbons (Fsp3) is 0.143. The van der Waals surface area contributed by atoms with Crippen molar-refractivity contribution < 1.29 is 4.74 Å². The zero-order valence-electron chi connectivity index (χ0n) is 14.9. The van der Waals surface area contributed by atoms with E-state index in [1.807, 2.05) is 42.5 Å². The van der Waals surface area contributed by atoms with Crippen LogP contribution in [0.15, 0.2) is 76.8 Å². The third-order valence-corrected chi connectivity index (χ3v) is 4.78. The maximum Gasteiger partial charge on any atom is 0.211 e. The molecule has 0 amide bonds. The molecule has 0 saturated heterocycles. The van der Waals surface area contributed by atoms with Gasteiger partial charge in [0.2, 0.25) is 4.80 Å². The topological polar surface area (TPSA) is 38.9 Å². The molecule has 26 heavy (non-hydrogen) atoms. The number of ether oxygens (including phenoxy) is 1. The molecule has 0 fully saturated rings. The van der Waals surface area contributed by atoms with Crippen molar-refractivity contribution in [3.8, 4) is 17.0 Å². The second-order valence-electron chi connectivity index (χ2n) is 5.79. The number of methoxy groups -OCH3 is 1. The highest BCUT2D eigenvalue weighted by molar-refractivity contribution is 7.07. The highest BCUT2D eigenvalue weighted by atomic mass is 32.1. The van der Waals surface area contributed by atoms with Crippen LogP contribution in [0.4, 0.5) is 0 Å². The molecule has 0 aliphatic heterocycles. The molecule has 3 rings (SSSR count). The van der Waals surface area contributed by atoms with Gasteiger partial charge in [-0.1, -0.05) is 35.9 Å². The molecular weight excluding hydrogens is 342 g/mol. The zero-order chi connectivity index (χ0) is 18.4. The van der Waals surface area contributed by atoms with Crippen LogP contribution < -0.4 is 9.54 Å². The number of hydrogen-bond donors (Lipinski definition) is 0. The molecule has 132 valence electrons. The van der Waals surface area contributed by atoms with Gasteiger partial charge in [0.05, 0.1) is 19.0 Å². The lowest BCUT2D eigenvalue weighted by Gasteiger charge is -2.07. The van der Waals surface area contributed by atoms with Gasteiger partial charge in [0, 0.05) is 11.9 Å².